The second kappa shape index (κ2) is 7.17. The van der Waals surface area contributed by atoms with Crippen molar-refractivity contribution in [3.8, 4) is 0 Å². The van der Waals surface area contributed by atoms with Crippen LogP contribution in [0.1, 0.15) is 31.4 Å². The minimum absolute atomic E-state index is 0.0159. The Kier molecular flexibility index (Phi) is 5.50. The lowest BCUT2D eigenvalue weighted by molar-refractivity contribution is -0.159. The van der Waals surface area contributed by atoms with E-state index in [4.69, 9.17) is 4.42 Å². The second-order valence-corrected chi connectivity index (χ2v) is 5.79. The van der Waals surface area contributed by atoms with Gasteiger partial charge in [0.05, 0.1) is 19.4 Å². The Bertz CT molecular complexity index is 468. The minimum Gasteiger partial charge on any atom is -0.468 e. The Balaban J connectivity index is 1.97. The van der Waals surface area contributed by atoms with Gasteiger partial charge in [0.1, 0.15) is 12.3 Å². The second-order valence-electron chi connectivity index (χ2n) is 5.79. The van der Waals surface area contributed by atoms with Crippen LogP contribution in [0.2, 0.25) is 0 Å². The summed E-state index contributed by atoms with van der Waals surface area (Å²) in [6.07, 6.45) is 1.30. The van der Waals surface area contributed by atoms with E-state index in [1.807, 2.05) is 11.0 Å². The van der Waals surface area contributed by atoms with Crippen molar-refractivity contribution in [3.63, 3.8) is 0 Å². The number of rotatable bonds is 6. The van der Waals surface area contributed by atoms with E-state index in [9.17, 15) is 18.0 Å². The molecule has 124 valence electrons. The van der Waals surface area contributed by atoms with Gasteiger partial charge in [-0.15, -0.1) is 0 Å². The first-order valence-electron chi connectivity index (χ1n) is 7.42. The topological polar surface area (TPSA) is 36.7 Å². The zero-order chi connectivity index (χ0) is 16.2. The molecule has 0 spiro atoms. The van der Waals surface area contributed by atoms with Gasteiger partial charge in [-0.05, 0) is 25.0 Å². The number of likely N-dealkylation sites (N-methyl/N-ethyl adjacent to an activating group) is 1. The largest absolute Gasteiger partial charge is 0.468 e. The van der Waals surface area contributed by atoms with E-state index in [-0.39, 0.29) is 12.6 Å². The molecule has 0 bridgehead atoms. The Morgan fingerprint density at radius 1 is 1.36 bits per heavy atom. The van der Waals surface area contributed by atoms with E-state index < -0.39 is 18.6 Å². The maximum absolute atomic E-state index is 12.4. The third-order valence-corrected chi connectivity index (χ3v) is 3.96. The molecule has 0 saturated heterocycles. The number of alkyl halides is 3. The van der Waals surface area contributed by atoms with Gasteiger partial charge in [0.25, 0.3) is 0 Å². The third-order valence-electron chi connectivity index (χ3n) is 3.96. The smallest absolute Gasteiger partial charge is 0.406 e. The molecule has 0 atom stereocenters. The number of hydrogen-bond donors (Lipinski definition) is 0. The molecule has 22 heavy (non-hydrogen) atoms. The molecule has 1 fully saturated rings. The van der Waals surface area contributed by atoms with Crippen LogP contribution in [-0.2, 0) is 11.3 Å². The fourth-order valence-electron chi connectivity index (χ4n) is 2.84. The van der Waals surface area contributed by atoms with Crippen molar-refractivity contribution in [2.45, 2.75) is 44.4 Å². The molecule has 1 aromatic rings. The number of nitrogens with zero attached hydrogens (tertiary/aromatic N) is 2. The number of carbonyl (C=O) groups excluding carboxylic acids is 1. The SMILES string of the molecule is CN(CC(F)(F)F)C(=O)CN(Cc1ccco1)C1CCCC1. The quantitative estimate of drug-likeness (QED) is 0.809. The Morgan fingerprint density at radius 2 is 2.05 bits per heavy atom. The lowest BCUT2D eigenvalue weighted by Crippen LogP contribution is -2.44. The molecule has 2 rings (SSSR count). The zero-order valence-electron chi connectivity index (χ0n) is 12.6. The maximum Gasteiger partial charge on any atom is 0.406 e. The highest BCUT2D eigenvalue weighted by atomic mass is 19.4. The van der Waals surface area contributed by atoms with Gasteiger partial charge in [-0.2, -0.15) is 13.2 Å². The lowest BCUT2D eigenvalue weighted by Gasteiger charge is -2.29. The standard InChI is InChI=1S/C15H21F3N2O2/c1-19(11-15(16,17)18)14(21)10-20(12-5-2-3-6-12)9-13-7-4-8-22-13/h4,7-8,12H,2-3,5-6,9-11H2,1H3. The Morgan fingerprint density at radius 3 is 2.59 bits per heavy atom. The van der Waals surface area contributed by atoms with Crippen LogP contribution < -0.4 is 0 Å². The van der Waals surface area contributed by atoms with Crippen LogP contribution in [0.5, 0.6) is 0 Å². The van der Waals surface area contributed by atoms with Crippen LogP contribution >= 0.6 is 0 Å². The number of halogens is 3. The third kappa shape index (κ3) is 5.05. The van der Waals surface area contributed by atoms with Crippen molar-refractivity contribution >= 4 is 5.91 Å². The van der Waals surface area contributed by atoms with Gasteiger partial charge in [0.2, 0.25) is 5.91 Å². The summed E-state index contributed by atoms with van der Waals surface area (Å²) in [5, 5.41) is 0. The number of amides is 1. The summed E-state index contributed by atoms with van der Waals surface area (Å²) in [5.74, 6) is 0.203. The van der Waals surface area contributed by atoms with Crippen LogP contribution in [0.25, 0.3) is 0 Å². The monoisotopic (exact) mass is 318 g/mol. The maximum atomic E-state index is 12.4. The first kappa shape index (κ1) is 16.9. The molecule has 7 heteroatoms. The van der Waals surface area contributed by atoms with Crippen molar-refractivity contribution in [1.82, 2.24) is 9.80 Å². The highest BCUT2D eigenvalue weighted by molar-refractivity contribution is 5.78. The van der Waals surface area contributed by atoms with Gasteiger partial charge >= 0.3 is 6.18 Å². The van der Waals surface area contributed by atoms with E-state index in [0.717, 1.165) is 36.3 Å². The van der Waals surface area contributed by atoms with Crippen LogP contribution in [0.15, 0.2) is 22.8 Å². The van der Waals surface area contributed by atoms with Gasteiger partial charge in [-0.25, -0.2) is 0 Å². The van der Waals surface area contributed by atoms with E-state index in [0.29, 0.717) is 6.54 Å². The summed E-state index contributed by atoms with van der Waals surface area (Å²) in [5.41, 5.74) is 0. The van der Waals surface area contributed by atoms with Crippen molar-refractivity contribution < 1.29 is 22.4 Å². The van der Waals surface area contributed by atoms with E-state index in [2.05, 4.69) is 0 Å². The first-order valence-corrected chi connectivity index (χ1v) is 7.42. The number of hydrogen-bond acceptors (Lipinski definition) is 3. The molecule has 1 heterocycles. The Hall–Kier alpha value is -1.50. The molecule has 1 aliphatic rings. The average molecular weight is 318 g/mol. The predicted octanol–water partition coefficient (Wildman–Crippen LogP) is 3.04. The summed E-state index contributed by atoms with van der Waals surface area (Å²) in [6.45, 7) is -0.785. The van der Waals surface area contributed by atoms with Gasteiger partial charge in [-0.3, -0.25) is 9.69 Å². The highest BCUT2D eigenvalue weighted by Crippen LogP contribution is 2.25. The van der Waals surface area contributed by atoms with Crippen LogP contribution in [-0.4, -0.2) is 48.1 Å². The Labute approximate surface area is 127 Å². The van der Waals surface area contributed by atoms with Gasteiger partial charge < -0.3 is 9.32 Å². The molecule has 0 N–H and O–H groups in total. The van der Waals surface area contributed by atoms with E-state index >= 15 is 0 Å². The summed E-state index contributed by atoms with van der Waals surface area (Å²) in [6, 6.07) is 3.80. The minimum atomic E-state index is -4.37. The van der Waals surface area contributed by atoms with Crippen molar-refractivity contribution in [3.05, 3.63) is 24.2 Å². The number of carbonyl (C=O) groups is 1. The molecule has 1 saturated carbocycles. The molecular formula is C15H21F3N2O2. The van der Waals surface area contributed by atoms with Crippen molar-refractivity contribution in [1.29, 1.82) is 0 Å². The fraction of sp³-hybridized carbons (Fsp3) is 0.667. The molecule has 0 aliphatic heterocycles. The van der Waals surface area contributed by atoms with E-state index in [1.165, 1.54) is 7.05 Å². The predicted molar refractivity (Wildman–Crippen MR) is 75.1 cm³/mol. The molecular weight excluding hydrogens is 297 g/mol. The molecule has 0 unspecified atom stereocenters. The molecule has 4 nitrogen and oxygen atoms in total. The normalized spacial score (nSPS) is 16.4. The molecule has 1 aliphatic carbocycles. The van der Waals surface area contributed by atoms with Gasteiger partial charge in [-0.1, -0.05) is 12.8 Å². The van der Waals surface area contributed by atoms with Gasteiger partial charge in [0.15, 0.2) is 0 Å². The molecule has 1 amide bonds. The molecule has 0 radical (unpaired) electrons. The number of furan rings is 1. The fourth-order valence-corrected chi connectivity index (χ4v) is 2.84. The summed E-state index contributed by atoms with van der Waals surface area (Å²) >= 11 is 0. The van der Waals surface area contributed by atoms with Crippen LogP contribution in [0.4, 0.5) is 13.2 Å². The first-order chi connectivity index (χ1) is 10.3. The van der Waals surface area contributed by atoms with Crippen LogP contribution in [0.3, 0.4) is 0 Å². The molecule has 0 aromatic carbocycles. The summed E-state index contributed by atoms with van der Waals surface area (Å²) in [4.78, 5) is 14.7. The lowest BCUT2D eigenvalue weighted by atomic mass is 10.2. The molecule has 1 aromatic heterocycles. The van der Waals surface area contributed by atoms with Crippen molar-refractivity contribution in [2.24, 2.45) is 0 Å². The summed E-state index contributed by atoms with van der Waals surface area (Å²) in [7, 11) is 1.19. The van der Waals surface area contributed by atoms with Crippen molar-refractivity contribution in [2.75, 3.05) is 20.1 Å². The van der Waals surface area contributed by atoms with Crippen LogP contribution in [0, 0.1) is 0 Å². The zero-order valence-corrected chi connectivity index (χ0v) is 12.6. The highest BCUT2D eigenvalue weighted by Gasteiger charge is 2.32. The van der Waals surface area contributed by atoms with Gasteiger partial charge in [0, 0.05) is 13.1 Å². The summed E-state index contributed by atoms with van der Waals surface area (Å²) < 4.78 is 42.5. The van der Waals surface area contributed by atoms with E-state index in [1.54, 1.807) is 12.3 Å². The average Bonchev–Trinajstić information content (AvgIpc) is 3.08.